The number of alkyl carbamates (subject to hydrolysis) is 1. The second kappa shape index (κ2) is 14.5. The number of carbonyl (C=O) groups excluding carboxylic acids is 2. The molecular formula is C16H29N7O4. The van der Waals surface area contributed by atoms with Crippen LogP contribution in [-0.2, 0) is 14.3 Å². The highest BCUT2D eigenvalue weighted by Gasteiger charge is 2.22. The molecule has 0 aromatic heterocycles. The van der Waals surface area contributed by atoms with Crippen LogP contribution >= 0.6 is 0 Å². The fourth-order valence-corrected chi connectivity index (χ4v) is 2.60. The van der Waals surface area contributed by atoms with Gasteiger partial charge in [0.2, 0.25) is 0 Å². The van der Waals surface area contributed by atoms with E-state index in [-0.39, 0.29) is 37.7 Å². The highest BCUT2D eigenvalue weighted by molar-refractivity contribution is 5.69. The summed E-state index contributed by atoms with van der Waals surface area (Å²) in [5.41, 5.74) is 16.2. The van der Waals surface area contributed by atoms with E-state index >= 15 is 0 Å². The smallest absolute Gasteiger partial charge is 0.407 e. The standard InChI is InChI=1S/C16H29N7O4/c1-13(5-7-19-15(25)27-11-9-21-23-18)12-16(2,3)6-4-14(24)26-10-8-20-22-17/h13H,4-12H2,1-3H3,(H,19,25). The molecule has 0 saturated heterocycles. The minimum atomic E-state index is -0.530. The van der Waals surface area contributed by atoms with E-state index in [1.54, 1.807) is 0 Å². The van der Waals surface area contributed by atoms with Crippen molar-refractivity contribution in [1.29, 1.82) is 0 Å². The molecule has 11 heteroatoms. The van der Waals surface area contributed by atoms with Crippen molar-refractivity contribution in [3.63, 3.8) is 0 Å². The lowest BCUT2D eigenvalue weighted by atomic mass is 9.79. The number of hydrogen-bond donors (Lipinski definition) is 1. The van der Waals surface area contributed by atoms with E-state index in [0.717, 1.165) is 12.8 Å². The van der Waals surface area contributed by atoms with Crippen molar-refractivity contribution in [3.8, 4) is 0 Å². The lowest BCUT2D eigenvalue weighted by Gasteiger charge is -2.28. The van der Waals surface area contributed by atoms with Crippen LogP contribution in [0.25, 0.3) is 20.9 Å². The van der Waals surface area contributed by atoms with E-state index in [9.17, 15) is 9.59 Å². The third kappa shape index (κ3) is 15.3. The normalized spacial score (nSPS) is 11.5. The summed E-state index contributed by atoms with van der Waals surface area (Å²) in [6, 6.07) is 0. The van der Waals surface area contributed by atoms with Crippen LogP contribution in [0.2, 0.25) is 0 Å². The Kier molecular flexibility index (Phi) is 13.1. The van der Waals surface area contributed by atoms with Crippen molar-refractivity contribution in [2.24, 2.45) is 21.6 Å². The van der Waals surface area contributed by atoms with E-state index in [0.29, 0.717) is 25.3 Å². The summed E-state index contributed by atoms with van der Waals surface area (Å²) < 4.78 is 9.84. The van der Waals surface area contributed by atoms with E-state index < -0.39 is 6.09 Å². The Bertz CT molecular complexity index is 555. The topological polar surface area (TPSA) is 162 Å². The number of ether oxygens (including phenoxy) is 2. The predicted molar refractivity (Wildman–Crippen MR) is 99.7 cm³/mol. The monoisotopic (exact) mass is 383 g/mol. The molecule has 152 valence electrons. The Labute approximate surface area is 159 Å². The molecule has 0 saturated carbocycles. The first kappa shape index (κ1) is 24.4. The molecule has 0 aromatic rings. The number of amides is 1. The van der Waals surface area contributed by atoms with Gasteiger partial charge >= 0.3 is 12.1 Å². The summed E-state index contributed by atoms with van der Waals surface area (Å²) in [5.74, 6) is 0.0542. The molecule has 1 amide bonds. The summed E-state index contributed by atoms with van der Waals surface area (Å²) in [5, 5.41) is 9.23. The molecule has 0 aromatic carbocycles. The minimum Gasteiger partial charge on any atom is -0.466 e. The maximum Gasteiger partial charge on any atom is 0.407 e. The van der Waals surface area contributed by atoms with Gasteiger partial charge in [0.1, 0.15) is 0 Å². The molecule has 0 spiro atoms. The zero-order valence-electron chi connectivity index (χ0n) is 16.3. The van der Waals surface area contributed by atoms with Crippen molar-refractivity contribution in [3.05, 3.63) is 20.9 Å². The number of nitrogens with one attached hydrogen (secondary N) is 1. The van der Waals surface area contributed by atoms with Gasteiger partial charge in [0, 0.05) is 22.8 Å². The molecule has 0 rings (SSSR count). The SMILES string of the molecule is CC(CCNC(=O)OCCN=[N+]=[N-])CC(C)(C)CCC(=O)OCCN=[N+]=[N-]. The van der Waals surface area contributed by atoms with Gasteiger partial charge < -0.3 is 14.8 Å². The summed E-state index contributed by atoms with van der Waals surface area (Å²) >= 11 is 0. The van der Waals surface area contributed by atoms with E-state index in [2.05, 4.69) is 46.1 Å². The van der Waals surface area contributed by atoms with Crippen LogP contribution < -0.4 is 5.32 Å². The van der Waals surface area contributed by atoms with Crippen molar-refractivity contribution >= 4 is 12.1 Å². The van der Waals surface area contributed by atoms with Crippen LogP contribution in [0.5, 0.6) is 0 Å². The molecule has 0 fully saturated rings. The molecule has 11 nitrogen and oxygen atoms in total. The van der Waals surface area contributed by atoms with Crippen molar-refractivity contribution in [1.82, 2.24) is 5.32 Å². The molecule has 1 atom stereocenters. The number of hydrogen-bond acceptors (Lipinski definition) is 6. The number of azide groups is 2. The quantitative estimate of drug-likeness (QED) is 0.157. The van der Waals surface area contributed by atoms with Gasteiger partial charge in [-0.3, -0.25) is 4.79 Å². The third-order valence-corrected chi connectivity index (χ3v) is 3.82. The molecule has 0 aliphatic carbocycles. The second-order valence-corrected chi connectivity index (χ2v) is 6.95. The van der Waals surface area contributed by atoms with Gasteiger partial charge in [-0.05, 0) is 41.7 Å². The van der Waals surface area contributed by atoms with Crippen LogP contribution in [0.15, 0.2) is 10.2 Å². The highest BCUT2D eigenvalue weighted by atomic mass is 16.5. The van der Waals surface area contributed by atoms with Crippen LogP contribution in [0.1, 0.15) is 46.5 Å². The van der Waals surface area contributed by atoms with Gasteiger partial charge in [0.15, 0.2) is 0 Å². The predicted octanol–water partition coefficient (Wildman–Crippen LogP) is 4.10. The zero-order chi connectivity index (χ0) is 20.5. The molecule has 0 aliphatic rings. The summed E-state index contributed by atoms with van der Waals surface area (Å²) in [6.45, 7) is 7.17. The first-order chi connectivity index (χ1) is 12.8. The lowest BCUT2D eigenvalue weighted by molar-refractivity contribution is -0.144. The first-order valence-electron chi connectivity index (χ1n) is 8.88. The Balaban J connectivity index is 3.94. The Morgan fingerprint density at radius 1 is 1.11 bits per heavy atom. The third-order valence-electron chi connectivity index (χ3n) is 3.82. The largest absolute Gasteiger partial charge is 0.466 e. The molecule has 0 bridgehead atoms. The van der Waals surface area contributed by atoms with Crippen molar-refractivity contribution in [2.75, 3.05) is 32.8 Å². The van der Waals surface area contributed by atoms with Gasteiger partial charge in [0.25, 0.3) is 0 Å². The van der Waals surface area contributed by atoms with Crippen molar-refractivity contribution in [2.45, 2.75) is 46.5 Å². The Morgan fingerprint density at radius 2 is 1.70 bits per heavy atom. The lowest BCUT2D eigenvalue weighted by Crippen LogP contribution is -2.28. The van der Waals surface area contributed by atoms with Crippen molar-refractivity contribution < 1.29 is 19.1 Å². The number of carbonyl (C=O) groups is 2. The van der Waals surface area contributed by atoms with Crippen LogP contribution in [0, 0.1) is 11.3 Å². The van der Waals surface area contributed by atoms with Gasteiger partial charge in [-0.2, -0.15) is 0 Å². The Morgan fingerprint density at radius 3 is 2.30 bits per heavy atom. The van der Waals surface area contributed by atoms with E-state index in [4.69, 9.17) is 20.5 Å². The minimum absolute atomic E-state index is 0.0426. The fourth-order valence-electron chi connectivity index (χ4n) is 2.60. The van der Waals surface area contributed by atoms with Crippen LogP contribution in [-0.4, -0.2) is 44.9 Å². The maximum absolute atomic E-state index is 11.7. The van der Waals surface area contributed by atoms with E-state index in [1.807, 2.05) is 0 Å². The van der Waals surface area contributed by atoms with Crippen LogP contribution in [0.4, 0.5) is 4.79 Å². The number of nitrogens with zero attached hydrogens (tertiary/aromatic N) is 6. The molecule has 1 N–H and O–H groups in total. The molecular weight excluding hydrogens is 354 g/mol. The first-order valence-corrected chi connectivity index (χ1v) is 8.88. The van der Waals surface area contributed by atoms with Crippen LogP contribution in [0.3, 0.4) is 0 Å². The number of esters is 1. The summed E-state index contributed by atoms with van der Waals surface area (Å²) in [6.07, 6.45) is 2.15. The van der Waals surface area contributed by atoms with Gasteiger partial charge in [-0.15, -0.1) is 0 Å². The average Bonchev–Trinajstić information content (AvgIpc) is 2.60. The molecule has 0 heterocycles. The average molecular weight is 383 g/mol. The zero-order valence-corrected chi connectivity index (χ0v) is 16.3. The maximum atomic E-state index is 11.7. The molecule has 0 radical (unpaired) electrons. The highest BCUT2D eigenvalue weighted by Crippen LogP contribution is 2.31. The van der Waals surface area contributed by atoms with E-state index in [1.165, 1.54) is 0 Å². The summed E-state index contributed by atoms with van der Waals surface area (Å²) in [7, 11) is 0. The molecule has 1 unspecified atom stereocenters. The Hall–Kier alpha value is -2.64. The van der Waals surface area contributed by atoms with Gasteiger partial charge in [-0.25, -0.2) is 4.79 Å². The number of rotatable bonds is 14. The molecule has 0 aliphatic heterocycles. The van der Waals surface area contributed by atoms with Gasteiger partial charge in [-0.1, -0.05) is 31.0 Å². The summed E-state index contributed by atoms with van der Waals surface area (Å²) in [4.78, 5) is 28.3. The van der Waals surface area contributed by atoms with Gasteiger partial charge in [0.05, 0.1) is 26.3 Å². The fraction of sp³-hybridized carbons (Fsp3) is 0.875. The second-order valence-electron chi connectivity index (χ2n) is 6.95. The molecule has 27 heavy (non-hydrogen) atoms.